The Bertz CT molecular complexity index is 727. The zero-order valence-electron chi connectivity index (χ0n) is 12.7. The number of carbonyl (C=O) groups is 2. The van der Waals surface area contributed by atoms with Crippen LogP contribution in [0.1, 0.15) is 17.7 Å². The first-order valence-electron chi connectivity index (χ1n) is 7.42. The molecule has 0 aliphatic carbocycles. The number of nitrogens with zero attached hydrogens (tertiary/aromatic N) is 1. The molecule has 1 N–H and O–H groups in total. The summed E-state index contributed by atoms with van der Waals surface area (Å²) < 4.78 is 5.18. The molecule has 0 saturated carbocycles. The van der Waals surface area contributed by atoms with Gasteiger partial charge in [-0.05, 0) is 36.8 Å². The summed E-state index contributed by atoms with van der Waals surface area (Å²) in [5, 5.41) is 3.42. The first-order valence-corrected chi connectivity index (χ1v) is 7.79. The molecule has 120 valence electrons. The van der Waals surface area contributed by atoms with Gasteiger partial charge < -0.3 is 14.6 Å². The Morgan fingerprint density at radius 1 is 1.39 bits per heavy atom. The van der Waals surface area contributed by atoms with Crippen molar-refractivity contribution in [1.29, 1.82) is 0 Å². The van der Waals surface area contributed by atoms with E-state index in [1.165, 1.54) is 0 Å². The van der Waals surface area contributed by atoms with Crippen LogP contribution in [-0.2, 0) is 16.1 Å². The first kappa shape index (κ1) is 15.6. The number of carbonyl (C=O) groups excluding carboxylic acids is 2. The number of hydrogen-bond donors (Lipinski definition) is 1. The van der Waals surface area contributed by atoms with Crippen LogP contribution in [0.5, 0.6) is 0 Å². The van der Waals surface area contributed by atoms with Gasteiger partial charge in [0.25, 0.3) is 0 Å². The van der Waals surface area contributed by atoms with E-state index in [0.717, 1.165) is 11.3 Å². The lowest BCUT2D eigenvalue weighted by atomic mass is 10.1. The maximum Gasteiger partial charge on any atom is 0.227 e. The van der Waals surface area contributed by atoms with Gasteiger partial charge in [-0.25, -0.2) is 0 Å². The molecule has 0 bridgehead atoms. The fraction of sp³-hybridized carbons (Fsp3) is 0.294. The molecule has 0 unspecified atom stereocenters. The topological polar surface area (TPSA) is 62.6 Å². The summed E-state index contributed by atoms with van der Waals surface area (Å²) in [4.78, 5) is 26.2. The number of rotatable bonds is 4. The molecule has 0 radical (unpaired) electrons. The fourth-order valence-corrected chi connectivity index (χ4v) is 2.91. The van der Waals surface area contributed by atoms with Crippen LogP contribution >= 0.6 is 11.6 Å². The summed E-state index contributed by atoms with van der Waals surface area (Å²) in [6, 6.07) is 9.00. The second kappa shape index (κ2) is 6.46. The van der Waals surface area contributed by atoms with Crippen molar-refractivity contribution in [3.8, 4) is 0 Å². The third-order valence-corrected chi connectivity index (χ3v) is 4.45. The summed E-state index contributed by atoms with van der Waals surface area (Å²) in [6.45, 7) is 2.56. The largest absolute Gasteiger partial charge is 0.467 e. The number of amides is 2. The molecular weight excluding hydrogens is 316 g/mol. The molecular formula is C17H17ClN2O3. The second-order valence-corrected chi connectivity index (χ2v) is 5.99. The van der Waals surface area contributed by atoms with E-state index in [2.05, 4.69) is 5.32 Å². The molecule has 1 aliphatic rings. The lowest BCUT2D eigenvalue weighted by molar-refractivity contribution is -0.126. The quantitative estimate of drug-likeness (QED) is 0.936. The summed E-state index contributed by atoms with van der Waals surface area (Å²) in [6.07, 6.45) is 1.76. The van der Waals surface area contributed by atoms with Crippen molar-refractivity contribution in [1.82, 2.24) is 5.32 Å². The van der Waals surface area contributed by atoms with Gasteiger partial charge in [-0.1, -0.05) is 17.7 Å². The van der Waals surface area contributed by atoms with E-state index in [1.54, 1.807) is 29.4 Å². The molecule has 2 aromatic rings. The van der Waals surface area contributed by atoms with Gasteiger partial charge in [0.1, 0.15) is 5.76 Å². The second-order valence-electron chi connectivity index (χ2n) is 5.59. The molecule has 23 heavy (non-hydrogen) atoms. The van der Waals surface area contributed by atoms with Crippen LogP contribution < -0.4 is 10.2 Å². The molecule has 2 amide bonds. The highest BCUT2D eigenvalue weighted by Crippen LogP contribution is 2.31. The highest BCUT2D eigenvalue weighted by molar-refractivity contribution is 6.31. The van der Waals surface area contributed by atoms with Gasteiger partial charge in [0, 0.05) is 23.7 Å². The lowest BCUT2D eigenvalue weighted by Gasteiger charge is -2.19. The molecule has 1 fully saturated rings. The van der Waals surface area contributed by atoms with E-state index >= 15 is 0 Å². The van der Waals surface area contributed by atoms with Gasteiger partial charge in [-0.3, -0.25) is 9.59 Å². The predicted molar refractivity (Wildman–Crippen MR) is 87.2 cm³/mol. The molecule has 1 atom stereocenters. The van der Waals surface area contributed by atoms with Gasteiger partial charge in [-0.15, -0.1) is 0 Å². The van der Waals surface area contributed by atoms with Gasteiger partial charge >= 0.3 is 0 Å². The Hall–Kier alpha value is -2.27. The Kier molecular flexibility index (Phi) is 4.39. The van der Waals surface area contributed by atoms with Crippen molar-refractivity contribution in [2.45, 2.75) is 19.9 Å². The molecule has 6 heteroatoms. The van der Waals surface area contributed by atoms with Crippen LogP contribution in [0.2, 0.25) is 5.02 Å². The molecule has 1 aromatic heterocycles. The molecule has 2 heterocycles. The summed E-state index contributed by atoms with van der Waals surface area (Å²) in [5.74, 6) is 0.117. The SMILES string of the molecule is Cc1c(Cl)cccc1N1C[C@@H](C(=O)NCc2ccco2)CC1=O. The highest BCUT2D eigenvalue weighted by Gasteiger charge is 2.35. The molecule has 3 rings (SSSR count). The van der Waals surface area contributed by atoms with Crippen LogP contribution in [0, 0.1) is 12.8 Å². The van der Waals surface area contributed by atoms with E-state index < -0.39 is 0 Å². The van der Waals surface area contributed by atoms with Crippen LogP contribution in [0.15, 0.2) is 41.0 Å². The van der Waals surface area contributed by atoms with Crippen LogP contribution in [0.25, 0.3) is 0 Å². The number of benzene rings is 1. The minimum absolute atomic E-state index is 0.0616. The van der Waals surface area contributed by atoms with Crippen molar-refractivity contribution in [2.24, 2.45) is 5.92 Å². The molecule has 5 nitrogen and oxygen atoms in total. The average molecular weight is 333 g/mol. The minimum Gasteiger partial charge on any atom is -0.467 e. The van der Waals surface area contributed by atoms with Crippen molar-refractivity contribution in [3.63, 3.8) is 0 Å². The molecule has 1 saturated heterocycles. The van der Waals surface area contributed by atoms with Crippen molar-refractivity contribution in [3.05, 3.63) is 52.9 Å². The van der Waals surface area contributed by atoms with Gasteiger partial charge in [0.15, 0.2) is 0 Å². The van der Waals surface area contributed by atoms with E-state index in [-0.39, 0.29) is 24.2 Å². The lowest BCUT2D eigenvalue weighted by Crippen LogP contribution is -2.32. The highest BCUT2D eigenvalue weighted by atomic mass is 35.5. The maximum absolute atomic E-state index is 12.3. The van der Waals surface area contributed by atoms with Crippen LogP contribution in [-0.4, -0.2) is 18.4 Å². The minimum atomic E-state index is -0.365. The molecule has 1 aliphatic heterocycles. The molecule has 0 spiro atoms. The van der Waals surface area contributed by atoms with E-state index in [0.29, 0.717) is 23.9 Å². The Morgan fingerprint density at radius 2 is 2.22 bits per heavy atom. The zero-order valence-corrected chi connectivity index (χ0v) is 13.5. The Morgan fingerprint density at radius 3 is 2.96 bits per heavy atom. The third kappa shape index (κ3) is 3.24. The Balaban J connectivity index is 1.67. The standard InChI is InChI=1S/C17H17ClN2O3/c1-11-14(18)5-2-6-15(11)20-10-12(8-16(20)21)17(22)19-9-13-4-3-7-23-13/h2-7,12H,8-10H2,1H3,(H,19,22)/t12-/m0/s1. The van der Waals surface area contributed by atoms with Crippen LogP contribution in [0.4, 0.5) is 5.69 Å². The molecule has 1 aromatic carbocycles. The van der Waals surface area contributed by atoms with E-state index in [4.69, 9.17) is 16.0 Å². The summed E-state index contributed by atoms with van der Waals surface area (Å²) in [5.41, 5.74) is 1.61. The van der Waals surface area contributed by atoms with Gasteiger partial charge in [-0.2, -0.15) is 0 Å². The smallest absolute Gasteiger partial charge is 0.227 e. The van der Waals surface area contributed by atoms with Crippen molar-refractivity contribution < 1.29 is 14.0 Å². The number of furan rings is 1. The summed E-state index contributed by atoms with van der Waals surface area (Å²) >= 11 is 6.12. The third-order valence-electron chi connectivity index (χ3n) is 4.04. The Labute approximate surface area is 139 Å². The van der Waals surface area contributed by atoms with Crippen molar-refractivity contribution in [2.75, 3.05) is 11.4 Å². The number of nitrogens with one attached hydrogen (secondary N) is 1. The maximum atomic E-state index is 12.3. The monoisotopic (exact) mass is 332 g/mol. The average Bonchev–Trinajstić information content (AvgIpc) is 3.17. The van der Waals surface area contributed by atoms with Gasteiger partial charge in [0.2, 0.25) is 11.8 Å². The number of anilines is 1. The predicted octanol–water partition coefficient (Wildman–Crippen LogP) is 2.91. The normalized spacial score (nSPS) is 17.6. The van der Waals surface area contributed by atoms with Crippen LogP contribution in [0.3, 0.4) is 0 Å². The van der Waals surface area contributed by atoms with E-state index in [9.17, 15) is 9.59 Å². The van der Waals surface area contributed by atoms with E-state index in [1.807, 2.05) is 19.1 Å². The van der Waals surface area contributed by atoms with Gasteiger partial charge in [0.05, 0.1) is 18.7 Å². The summed E-state index contributed by atoms with van der Waals surface area (Å²) in [7, 11) is 0. The van der Waals surface area contributed by atoms with Crippen molar-refractivity contribution >= 4 is 29.1 Å². The number of hydrogen-bond acceptors (Lipinski definition) is 3. The fourth-order valence-electron chi connectivity index (χ4n) is 2.74. The first-order chi connectivity index (χ1) is 11.1. The number of halogens is 1. The zero-order chi connectivity index (χ0) is 16.4.